The highest BCUT2D eigenvalue weighted by Crippen LogP contribution is 2.23. The molecule has 1 aliphatic heterocycles. The second-order valence-electron chi connectivity index (χ2n) is 5.85. The molecule has 7 heteroatoms. The second-order valence-corrected chi connectivity index (χ2v) is 7.13. The first-order valence-corrected chi connectivity index (χ1v) is 9.82. The Hall–Kier alpha value is -1.53. The minimum atomic E-state index is -0.147. The van der Waals surface area contributed by atoms with Gasteiger partial charge in [-0.1, -0.05) is 18.0 Å². The summed E-state index contributed by atoms with van der Waals surface area (Å²) in [6.07, 6.45) is 7.24. The van der Waals surface area contributed by atoms with Crippen LogP contribution in [0, 0.1) is 0 Å². The fraction of sp³-hybridized carbons (Fsp3) is 0.471. The third kappa shape index (κ3) is 3.92. The van der Waals surface area contributed by atoms with Gasteiger partial charge in [0.2, 0.25) is 0 Å². The minimum absolute atomic E-state index is 0.147. The van der Waals surface area contributed by atoms with Crippen LogP contribution >= 0.6 is 23.4 Å². The van der Waals surface area contributed by atoms with Gasteiger partial charge in [0.25, 0.3) is 5.91 Å². The maximum Gasteiger partial charge on any atom is 0.252 e. The summed E-state index contributed by atoms with van der Waals surface area (Å²) in [5, 5.41) is 12.0. The quantitative estimate of drug-likeness (QED) is 0.826. The standard InChI is InChI=1S/C17H21ClN4OS/c1-24-12-6-7-14(18)13(11-12)17(23)19-9-8-16-21-20-15-5-3-2-4-10-22(15)16/h6-7,11H,2-5,8-10H2,1H3,(H,19,23). The molecule has 1 aromatic carbocycles. The van der Waals surface area contributed by atoms with Gasteiger partial charge in [0.05, 0.1) is 10.6 Å². The number of benzene rings is 1. The summed E-state index contributed by atoms with van der Waals surface area (Å²) in [4.78, 5) is 13.4. The van der Waals surface area contributed by atoms with Gasteiger partial charge in [-0.15, -0.1) is 22.0 Å². The van der Waals surface area contributed by atoms with E-state index in [2.05, 4.69) is 20.1 Å². The number of fused-ring (bicyclic) bond motifs is 1. The Bertz CT molecular complexity index is 731. The van der Waals surface area contributed by atoms with Crippen molar-refractivity contribution < 1.29 is 4.79 Å². The van der Waals surface area contributed by atoms with Crippen LogP contribution in [0.5, 0.6) is 0 Å². The molecule has 3 rings (SSSR count). The van der Waals surface area contributed by atoms with Crippen LogP contribution < -0.4 is 5.32 Å². The molecule has 0 spiro atoms. The summed E-state index contributed by atoms with van der Waals surface area (Å²) in [5.74, 6) is 1.88. The molecule has 5 nitrogen and oxygen atoms in total. The lowest BCUT2D eigenvalue weighted by Crippen LogP contribution is -2.27. The van der Waals surface area contributed by atoms with Crippen molar-refractivity contribution in [3.8, 4) is 0 Å². The summed E-state index contributed by atoms with van der Waals surface area (Å²) in [5.41, 5.74) is 0.517. The van der Waals surface area contributed by atoms with Crippen LogP contribution in [0.15, 0.2) is 23.1 Å². The van der Waals surface area contributed by atoms with E-state index in [9.17, 15) is 4.79 Å². The number of halogens is 1. The fourth-order valence-corrected chi connectivity index (χ4v) is 3.56. The van der Waals surface area contributed by atoms with Crippen molar-refractivity contribution in [2.24, 2.45) is 0 Å². The molecular formula is C17H21ClN4OS. The van der Waals surface area contributed by atoms with E-state index < -0.39 is 0 Å². The molecular weight excluding hydrogens is 344 g/mol. The molecule has 2 aromatic rings. The third-order valence-corrected chi connectivity index (χ3v) is 5.29. The SMILES string of the molecule is CSc1ccc(Cl)c(C(=O)NCCc2nnc3n2CCCCC3)c1. The molecule has 0 fully saturated rings. The van der Waals surface area contributed by atoms with Gasteiger partial charge in [-0.05, 0) is 37.3 Å². The molecule has 0 bridgehead atoms. The van der Waals surface area contributed by atoms with Crippen molar-refractivity contribution in [3.05, 3.63) is 40.4 Å². The number of rotatable bonds is 5. The Balaban J connectivity index is 1.61. The van der Waals surface area contributed by atoms with Crippen LogP contribution in [0.25, 0.3) is 0 Å². The lowest BCUT2D eigenvalue weighted by Gasteiger charge is -2.09. The summed E-state index contributed by atoms with van der Waals surface area (Å²) < 4.78 is 2.21. The van der Waals surface area contributed by atoms with Gasteiger partial charge in [-0.3, -0.25) is 4.79 Å². The first kappa shape index (κ1) is 17.3. The molecule has 0 saturated heterocycles. The molecule has 0 saturated carbocycles. The molecule has 1 N–H and O–H groups in total. The average Bonchev–Trinajstić information content (AvgIpc) is 2.82. The lowest BCUT2D eigenvalue weighted by atomic mass is 10.2. The predicted molar refractivity (Wildman–Crippen MR) is 96.8 cm³/mol. The summed E-state index contributed by atoms with van der Waals surface area (Å²) in [6, 6.07) is 5.50. The van der Waals surface area contributed by atoms with Gasteiger partial charge >= 0.3 is 0 Å². The van der Waals surface area contributed by atoms with Gasteiger partial charge in [-0.2, -0.15) is 0 Å². The van der Waals surface area contributed by atoms with Gasteiger partial charge in [-0.25, -0.2) is 0 Å². The zero-order chi connectivity index (χ0) is 16.9. The van der Waals surface area contributed by atoms with Gasteiger partial charge in [0.1, 0.15) is 11.6 Å². The Morgan fingerprint density at radius 2 is 2.21 bits per heavy atom. The summed E-state index contributed by atoms with van der Waals surface area (Å²) >= 11 is 7.73. The number of hydrogen-bond donors (Lipinski definition) is 1. The second kappa shape index (κ2) is 8.03. The van der Waals surface area contributed by atoms with Crippen LogP contribution in [0.2, 0.25) is 5.02 Å². The molecule has 128 valence electrons. The molecule has 2 heterocycles. The van der Waals surface area contributed by atoms with Crippen LogP contribution in [0.3, 0.4) is 0 Å². The summed E-state index contributed by atoms with van der Waals surface area (Å²) in [6.45, 7) is 1.50. The van der Waals surface area contributed by atoms with E-state index in [-0.39, 0.29) is 5.91 Å². The zero-order valence-corrected chi connectivity index (χ0v) is 15.3. The van der Waals surface area contributed by atoms with Crippen LogP contribution in [0.1, 0.15) is 41.3 Å². The molecule has 24 heavy (non-hydrogen) atoms. The topological polar surface area (TPSA) is 59.8 Å². The largest absolute Gasteiger partial charge is 0.352 e. The Morgan fingerprint density at radius 3 is 3.04 bits per heavy atom. The number of nitrogens with zero attached hydrogens (tertiary/aromatic N) is 3. The molecule has 0 atom stereocenters. The Kier molecular flexibility index (Phi) is 5.79. The number of nitrogens with one attached hydrogen (secondary N) is 1. The number of carbonyl (C=O) groups excluding carboxylic acids is 1. The highest BCUT2D eigenvalue weighted by molar-refractivity contribution is 7.98. The first-order chi connectivity index (χ1) is 11.7. The molecule has 1 aromatic heterocycles. The van der Waals surface area contributed by atoms with Crippen molar-refractivity contribution in [2.45, 2.75) is 43.5 Å². The highest BCUT2D eigenvalue weighted by atomic mass is 35.5. The van der Waals surface area contributed by atoms with E-state index in [1.54, 1.807) is 17.8 Å². The van der Waals surface area contributed by atoms with E-state index in [0.29, 0.717) is 23.6 Å². The number of aryl methyl sites for hydroxylation is 1. The van der Waals surface area contributed by atoms with Gasteiger partial charge in [0.15, 0.2) is 0 Å². The highest BCUT2D eigenvalue weighted by Gasteiger charge is 2.15. The number of carbonyl (C=O) groups is 1. The van der Waals surface area contributed by atoms with Crippen LogP contribution in [-0.4, -0.2) is 33.5 Å². The normalized spacial score (nSPS) is 14.1. The van der Waals surface area contributed by atoms with Gasteiger partial charge in [0, 0.05) is 30.8 Å². The molecule has 1 aliphatic rings. The minimum Gasteiger partial charge on any atom is -0.352 e. The average molecular weight is 365 g/mol. The van der Waals surface area contributed by atoms with E-state index in [1.807, 2.05) is 18.4 Å². The number of thioether (sulfide) groups is 1. The predicted octanol–water partition coefficient (Wildman–Crippen LogP) is 3.35. The third-order valence-electron chi connectivity index (χ3n) is 4.24. The number of amides is 1. The zero-order valence-electron chi connectivity index (χ0n) is 13.7. The first-order valence-electron chi connectivity index (χ1n) is 8.21. The maximum absolute atomic E-state index is 12.4. The van der Waals surface area contributed by atoms with Crippen LogP contribution in [-0.2, 0) is 19.4 Å². The molecule has 1 amide bonds. The van der Waals surface area contributed by atoms with Crippen molar-refractivity contribution in [3.63, 3.8) is 0 Å². The van der Waals surface area contributed by atoms with Crippen molar-refractivity contribution in [2.75, 3.05) is 12.8 Å². The molecule has 0 aliphatic carbocycles. The lowest BCUT2D eigenvalue weighted by molar-refractivity contribution is 0.0954. The van der Waals surface area contributed by atoms with Crippen LogP contribution in [0.4, 0.5) is 0 Å². The number of aromatic nitrogens is 3. The Labute approximate surface area is 151 Å². The van der Waals surface area contributed by atoms with Crippen molar-refractivity contribution >= 4 is 29.3 Å². The molecule has 0 unspecified atom stereocenters. The fourth-order valence-electron chi connectivity index (χ4n) is 2.92. The van der Waals surface area contributed by atoms with Gasteiger partial charge < -0.3 is 9.88 Å². The van der Waals surface area contributed by atoms with E-state index >= 15 is 0 Å². The monoisotopic (exact) mass is 364 g/mol. The molecule has 0 radical (unpaired) electrons. The van der Waals surface area contributed by atoms with Crippen molar-refractivity contribution in [1.29, 1.82) is 0 Å². The van der Waals surface area contributed by atoms with E-state index in [4.69, 9.17) is 11.6 Å². The van der Waals surface area contributed by atoms with E-state index in [1.165, 1.54) is 19.3 Å². The Morgan fingerprint density at radius 1 is 1.33 bits per heavy atom. The number of hydrogen-bond acceptors (Lipinski definition) is 4. The van der Waals surface area contributed by atoms with E-state index in [0.717, 1.165) is 29.5 Å². The smallest absolute Gasteiger partial charge is 0.252 e. The maximum atomic E-state index is 12.4. The van der Waals surface area contributed by atoms with Crippen molar-refractivity contribution in [1.82, 2.24) is 20.1 Å². The summed E-state index contributed by atoms with van der Waals surface area (Å²) in [7, 11) is 0.